The maximum Gasteiger partial charge on any atom is 0.224 e. The van der Waals surface area contributed by atoms with Crippen molar-refractivity contribution in [2.45, 2.75) is 39.8 Å². The van der Waals surface area contributed by atoms with E-state index in [4.69, 9.17) is 9.72 Å². The van der Waals surface area contributed by atoms with Crippen LogP contribution >= 0.6 is 0 Å². The normalized spacial score (nSPS) is 11.1. The molecule has 0 saturated carbocycles. The number of rotatable bonds is 7. The molecule has 0 radical (unpaired) electrons. The van der Waals surface area contributed by atoms with Crippen LogP contribution < -0.4 is 4.74 Å². The Morgan fingerprint density at radius 1 is 1.22 bits per heavy atom. The molecule has 1 aromatic carbocycles. The SMILES string of the molecule is CCOc1ccc(-c2nc3ccccc3n2CCC(=O)N(C)C(C)C)cn1. The molecule has 2 aromatic heterocycles. The number of nitrogens with zero attached hydrogens (tertiary/aromatic N) is 4. The fourth-order valence-electron chi connectivity index (χ4n) is 2.94. The van der Waals surface area contributed by atoms with E-state index < -0.39 is 0 Å². The van der Waals surface area contributed by atoms with Crippen LogP contribution in [-0.4, -0.2) is 45.0 Å². The summed E-state index contributed by atoms with van der Waals surface area (Å²) in [7, 11) is 1.84. The Balaban J connectivity index is 1.93. The van der Waals surface area contributed by atoms with E-state index >= 15 is 0 Å². The number of carbonyl (C=O) groups is 1. The second kappa shape index (κ2) is 8.20. The lowest BCUT2D eigenvalue weighted by Crippen LogP contribution is -2.33. The van der Waals surface area contributed by atoms with E-state index in [9.17, 15) is 4.79 Å². The number of aryl methyl sites for hydroxylation is 1. The molecule has 0 spiro atoms. The Morgan fingerprint density at radius 2 is 2.00 bits per heavy atom. The first-order valence-corrected chi connectivity index (χ1v) is 9.31. The molecule has 0 aliphatic rings. The Bertz CT molecular complexity index is 916. The lowest BCUT2D eigenvalue weighted by atomic mass is 10.2. The molecule has 0 aliphatic heterocycles. The summed E-state index contributed by atoms with van der Waals surface area (Å²) < 4.78 is 7.52. The van der Waals surface area contributed by atoms with Gasteiger partial charge in [-0.05, 0) is 39.0 Å². The van der Waals surface area contributed by atoms with Gasteiger partial charge in [0.1, 0.15) is 5.82 Å². The summed E-state index contributed by atoms with van der Waals surface area (Å²) >= 11 is 0. The summed E-state index contributed by atoms with van der Waals surface area (Å²) in [4.78, 5) is 23.3. The highest BCUT2D eigenvalue weighted by Crippen LogP contribution is 2.26. The summed E-state index contributed by atoms with van der Waals surface area (Å²) in [5, 5.41) is 0. The molecule has 3 rings (SSSR count). The van der Waals surface area contributed by atoms with Crippen molar-refractivity contribution >= 4 is 16.9 Å². The first kappa shape index (κ1) is 18.9. The van der Waals surface area contributed by atoms with Crippen molar-refractivity contribution < 1.29 is 9.53 Å². The molecule has 0 unspecified atom stereocenters. The fraction of sp³-hybridized carbons (Fsp3) is 0.381. The van der Waals surface area contributed by atoms with E-state index in [0.29, 0.717) is 25.5 Å². The molecule has 0 aliphatic carbocycles. The highest BCUT2D eigenvalue weighted by Gasteiger charge is 2.16. The van der Waals surface area contributed by atoms with Gasteiger partial charge in [-0.1, -0.05) is 12.1 Å². The van der Waals surface area contributed by atoms with E-state index in [1.165, 1.54) is 0 Å². The molecule has 0 bridgehead atoms. The third kappa shape index (κ3) is 4.10. The molecular formula is C21H26N4O2. The number of pyridine rings is 1. The number of fused-ring (bicyclic) bond motifs is 1. The van der Waals surface area contributed by atoms with Gasteiger partial charge >= 0.3 is 0 Å². The number of aromatic nitrogens is 3. The summed E-state index contributed by atoms with van der Waals surface area (Å²) in [6.45, 7) is 7.11. The number of imidazole rings is 1. The molecule has 6 heteroatoms. The molecule has 6 nitrogen and oxygen atoms in total. The molecule has 0 fully saturated rings. The molecule has 142 valence electrons. The van der Waals surface area contributed by atoms with E-state index in [2.05, 4.69) is 9.55 Å². The highest BCUT2D eigenvalue weighted by atomic mass is 16.5. The van der Waals surface area contributed by atoms with Gasteiger partial charge < -0.3 is 14.2 Å². The van der Waals surface area contributed by atoms with Crippen LogP contribution in [0, 0.1) is 0 Å². The van der Waals surface area contributed by atoms with Crippen molar-refractivity contribution in [3.63, 3.8) is 0 Å². The van der Waals surface area contributed by atoms with Crippen LogP contribution in [0.4, 0.5) is 0 Å². The van der Waals surface area contributed by atoms with Crippen molar-refractivity contribution in [2.75, 3.05) is 13.7 Å². The third-order valence-electron chi connectivity index (χ3n) is 4.66. The number of carbonyl (C=O) groups excluding carboxylic acids is 1. The lowest BCUT2D eigenvalue weighted by Gasteiger charge is -2.21. The summed E-state index contributed by atoms with van der Waals surface area (Å²) in [6.07, 6.45) is 2.19. The maximum absolute atomic E-state index is 12.4. The van der Waals surface area contributed by atoms with Crippen LogP contribution in [0.2, 0.25) is 0 Å². The first-order chi connectivity index (χ1) is 13.0. The van der Waals surface area contributed by atoms with Gasteiger partial charge in [0.25, 0.3) is 0 Å². The van der Waals surface area contributed by atoms with E-state index in [1.807, 2.05) is 64.2 Å². The van der Waals surface area contributed by atoms with Crippen LogP contribution in [0.5, 0.6) is 5.88 Å². The number of ether oxygens (including phenoxy) is 1. The Morgan fingerprint density at radius 3 is 2.67 bits per heavy atom. The smallest absolute Gasteiger partial charge is 0.224 e. The predicted octanol–water partition coefficient (Wildman–Crippen LogP) is 3.75. The van der Waals surface area contributed by atoms with Crippen molar-refractivity contribution in [3.8, 4) is 17.3 Å². The van der Waals surface area contributed by atoms with E-state index in [-0.39, 0.29) is 11.9 Å². The van der Waals surface area contributed by atoms with Gasteiger partial charge in [0.05, 0.1) is 17.6 Å². The third-order valence-corrected chi connectivity index (χ3v) is 4.66. The topological polar surface area (TPSA) is 60.3 Å². The first-order valence-electron chi connectivity index (χ1n) is 9.31. The van der Waals surface area contributed by atoms with Crippen LogP contribution in [0.25, 0.3) is 22.4 Å². The second-order valence-electron chi connectivity index (χ2n) is 6.74. The fourth-order valence-corrected chi connectivity index (χ4v) is 2.94. The maximum atomic E-state index is 12.4. The van der Waals surface area contributed by atoms with E-state index in [0.717, 1.165) is 22.4 Å². The Labute approximate surface area is 159 Å². The van der Waals surface area contributed by atoms with Crippen molar-refractivity contribution in [2.24, 2.45) is 0 Å². The molecule has 3 aromatic rings. The zero-order valence-electron chi connectivity index (χ0n) is 16.3. The van der Waals surface area contributed by atoms with Crippen LogP contribution in [0.15, 0.2) is 42.6 Å². The van der Waals surface area contributed by atoms with Crippen molar-refractivity contribution in [1.29, 1.82) is 0 Å². The van der Waals surface area contributed by atoms with Gasteiger partial charge in [0.15, 0.2) is 0 Å². The molecular weight excluding hydrogens is 340 g/mol. The molecule has 1 amide bonds. The van der Waals surface area contributed by atoms with Crippen molar-refractivity contribution in [1.82, 2.24) is 19.4 Å². The summed E-state index contributed by atoms with van der Waals surface area (Å²) in [6, 6.07) is 12.0. The Kier molecular flexibility index (Phi) is 5.74. The number of para-hydroxylation sites is 2. The standard InChI is InChI=1S/C21H26N4O2/c1-5-27-19-11-10-16(14-22-19)21-23-17-8-6-7-9-18(17)25(21)13-12-20(26)24(4)15(2)3/h6-11,14-15H,5,12-13H2,1-4H3. The minimum Gasteiger partial charge on any atom is -0.478 e. The largest absolute Gasteiger partial charge is 0.478 e. The molecule has 0 atom stereocenters. The molecule has 0 saturated heterocycles. The molecule has 2 heterocycles. The predicted molar refractivity (Wildman–Crippen MR) is 107 cm³/mol. The quantitative estimate of drug-likeness (QED) is 0.639. The number of amides is 1. The zero-order chi connectivity index (χ0) is 19.4. The lowest BCUT2D eigenvalue weighted by molar-refractivity contribution is -0.131. The van der Waals surface area contributed by atoms with Gasteiger partial charge in [-0.2, -0.15) is 0 Å². The summed E-state index contributed by atoms with van der Waals surface area (Å²) in [5.41, 5.74) is 2.83. The van der Waals surface area contributed by atoms with Gasteiger partial charge in [0, 0.05) is 43.9 Å². The average Bonchev–Trinajstić information content (AvgIpc) is 3.05. The minimum atomic E-state index is 0.124. The summed E-state index contributed by atoms with van der Waals surface area (Å²) in [5.74, 6) is 1.53. The van der Waals surface area contributed by atoms with Crippen LogP contribution in [0.1, 0.15) is 27.2 Å². The van der Waals surface area contributed by atoms with Gasteiger partial charge in [0.2, 0.25) is 11.8 Å². The monoisotopic (exact) mass is 366 g/mol. The van der Waals surface area contributed by atoms with Gasteiger partial charge in [-0.25, -0.2) is 9.97 Å². The van der Waals surface area contributed by atoms with Gasteiger partial charge in [-0.3, -0.25) is 4.79 Å². The molecule has 27 heavy (non-hydrogen) atoms. The highest BCUT2D eigenvalue weighted by molar-refractivity contribution is 5.81. The molecule has 0 N–H and O–H groups in total. The van der Waals surface area contributed by atoms with Crippen LogP contribution in [0.3, 0.4) is 0 Å². The minimum absolute atomic E-state index is 0.124. The number of hydrogen-bond acceptors (Lipinski definition) is 4. The zero-order valence-corrected chi connectivity index (χ0v) is 16.3. The van der Waals surface area contributed by atoms with Gasteiger partial charge in [-0.15, -0.1) is 0 Å². The van der Waals surface area contributed by atoms with Crippen molar-refractivity contribution in [3.05, 3.63) is 42.6 Å². The number of hydrogen-bond donors (Lipinski definition) is 0. The second-order valence-corrected chi connectivity index (χ2v) is 6.74. The number of benzene rings is 1. The Hall–Kier alpha value is -2.89. The average molecular weight is 366 g/mol. The van der Waals surface area contributed by atoms with Crippen LogP contribution in [-0.2, 0) is 11.3 Å². The van der Waals surface area contributed by atoms with E-state index in [1.54, 1.807) is 11.1 Å².